The van der Waals surface area contributed by atoms with Gasteiger partial charge in [-0.25, -0.2) is 4.39 Å². The maximum Gasteiger partial charge on any atom is 0.227 e. The van der Waals surface area contributed by atoms with Crippen LogP contribution in [0.4, 0.5) is 15.8 Å². The first-order chi connectivity index (χ1) is 15.7. The Balaban J connectivity index is 1.61. The van der Waals surface area contributed by atoms with Crippen LogP contribution in [0.3, 0.4) is 0 Å². The molecule has 0 saturated heterocycles. The predicted octanol–water partition coefficient (Wildman–Crippen LogP) is 4.31. The molecule has 0 aliphatic heterocycles. The van der Waals surface area contributed by atoms with Gasteiger partial charge in [-0.05, 0) is 44.9 Å². The quantitative estimate of drug-likeness (QED) is 0.571. The van der Waals surface area contributed by atoms with Gasteiger partial charge in [-0.2, -0.15) is 4.98 Å². The molecule has 0 bridgehead atoms. The number of anilines is 2. The van der Waals surface area contributed by atoms with E-state index >= 15 is 0 Å². The molecule has 1 fully saturated rings. The van der Waals surface area contributed by atoms with Crippen molar-refractivity contribution in [3.63, 3.8) is 0 Å². The van der Waals surface area contributed by atoms with Gasteiger partial charge in [0.25, 0.3) is 0 Å². The van der Waals surface area contributed by atoms with Crippen LogP contribution in [0.25, 0.3) is 0 Å². The number of nitrogens with zero attached hydrogens (tertiary/aromatic N) is 3. The molecule has 1 aliphatic rings. The number of rotatable bonds is 8. The zero-order valence-corrected chi connectivity index (χ0v) is 19.9. The number of hydrogen-bond acceptors (Lipinski definition) is 6. The molecule has 1 saturated carbocycles. The summed E-state index contributed by atoms with van der Waals surface area (Å²) in [6.07, 6.45) is 6.09. The van der Waals surface area contributed by atoms with Crippen molar-refractivity contribution in [3.05, 3.63) is 35.7 Å². The summed E-state index contributed by atoms with van der Waals surface area (Å²) in [5.41, 5.74) is 0.259. The highest BCUT2D eigenvalue weighted by Crippen LogP contribution is 2.34. The van der Waals surface area contributed by atoms with Crippen molar-refractivity contribution >= 4 is 23.2 Å². The number of nitrogens with one attached hydrogen (secondary N) is 2. The third kappa shape index (κ3) is 6.30. The summed E-state index contributed by atoms with van der Waals surface area (Å²) in [5, 5.41) is 9.89. The molecule has 0 atom stereocenters. The maximum absolute atomic E-state index is 14.4. The summed E-state index contributed by atoms with van der Waals surface area (Å²) in [7, 11) is 1.82. The summed E-state index contributed by atoms with van der Waals surface area (Å²) in [4.78, 5) is 30.6. The van der Waals surface area contributed by atoms with E-state index in [9.17, 15) is 14.0 Å². The normalized spacial score (nSPS) is 15.7. The fraction of sp³-hybridized carbons (Fsp3) is 0.583. The Morgan fingerprint density at radius 3 is 2.52 bits per heavy atom. The second-order valence-corrected chi connectivity index (χ2v) is 9.11. The fourth-order valence-corrected chi connectivity index (χ4v) is 4.22. The van der Waals surface area contributed by atoms with E-state index in [1.807, 2.05) is 25.8 Å². The largest absolute Gasteiger partial charge is 0.370 e. The molecule has 1 heterocycles. The molecule has 1 aromatic heterocycles. The third-order valence-electron chi connectivity index (χ3n) is 6.22. The molecule has 0 unspecified atom stereocenters. The molecule has 0 spiro atoms. The number of carbonyl (C=O) groups excluding carboxylic acids is 2. The first-order valence-electron chi connectivity index (χ1n) is 11.6. The number of halogens is 1. The fourth-order valence-electron chi connectivity index (χ4n) is 4.22. The van der Waals surface area contributed by atoms with Gasteiger partial charge in [0.1, 0.15) is 11.4 Å². The Morgan fingerprint density at radius 1 is 1.21 bits per heavy atom. The van der Waals surface area contributed by atoms with Crippen molar-refractivity contribution in [1.82, 2.24) is 15.5 Å². The average molecular weight is 460 g/mol. The maximum atomic E-state index is 14.4. The van der Waals surface area contributed by atoms with Crippen LogP contribution in [-0.4, -0.2) is 35.0 Å². The SMILES string of the molecule is CC(=O)NC1(c2noc(CCC(=O)Nc3ccc(N(C)C(C)C)c(F)c3)n2)CCCCCC1. The van der Waals surface area contributed by atoms with Gasteiger partial charge in [0.15, 0.2) is 5.82 Å². The lowest BCUT2D eigenvalue weighted by Gasteiger charge is -2.30. The predicted molar refractivity (Wildman–Crippen MR) is 124 cm³/mol. The Bertz CT molecular complexity index is 967. The van der Waals surface area contributed by atoms with Gasteiger partial charge in [-0.15, -0.1) is 0 Å². The van der Waals surface area contributed by atoms with Crippen LogP contribution < -0.4 is 15.5 Å². The van der Waals surface area contributed by atoms with Crippen LogP contribution in [0.15, 0.2) is 22.7 Å². The molecule has 180 valence electrons. The van der Waals surface area contributed by atoms with E-state index in [1.54, 1.807) is 12.1 Å². The lowest BCUT2D eigenvalue weighted by molar-refractivity contribution is -0.121. The molecule has 3 rings (SSSR count). The van der Waals surface area contributed by atoms with E-state index in [1.165, 1.54) is 13.0 Å². The Hall–Kier alpha value is -2.97. The van der Waals surface area contributed by atoms with Crippen LogP contribution in [-0.2, 0) is 21.5 Å². The highest BCUT2D eigenvalue weighted by Gasteiger charge is 2.38. The molecule has 8 nitrogen and oxygen atoms in total. The lowest BCUT2D eigenvalue weighted by Crippen LogP contribution is -2.45. The summed E-state index contributed by atoms with van der Waals surface area (Å²) in [6, 6.07) is 4.81. The molecule has 33 heavy (non-hydrogen) atoms. The lowest BCUT2D eigenvalue weighted by atomic mass is 9.89. The Morgan fingerprint density at radius 2 is 1.91 bits per heavy atom. The van der Waals surface area contributed by atoms with Crippen molar-refractivity contribution in [2.24, 2.45) is 0 Å². The zero-order valence-electron chi connectivity index (χ0n) is 19.9. The third-order valence-corrected chi connectivity index (χ3v) is 6.22. The van der Waals surface area contributed by atoms with Crippen molar-refractivity contribution < 1.29 is 18.5 Å². The standard InChI is InChI=1S/C24H34FN5O3/c1-16(2)30(4)20-10-9-18(15-19(20)25)26-21(32)11-12-22-27-23(29-33-22)24(28-17(3)31)13-7-5-6-8-14-24/h9-10,15-16H,5-8,11-14H2,1-4H3,(H,26,32)(H,28,31). The van der Waals surface area contributed by atoms with Crippen molar-refractivity contribution in [1.29, 1.82) is 0 Å². The van der Waals surface area contributed by atoms with Crippen molar-refractivity contribution in [2.45, 2.75) is 83.7 Å². The number of carbonyl (C=O) groups is 2. The van der Waals surface area contributed by atoms with Gasteiger partial charge in [0.2, 0.25) is 17.7 Å². The second kappa shape index (κ2) is 10.8. The number of hydrogen-bond donors (Lipinski definition) is 2. The minimum atomic E-state index is -0.616. The minimum Gasteiger partial charge on any atom is -0.370 e. The van der Waals surface area contributed by atoms with E-state index in [2.05, 4.69) is 20.8 Å². The summed E-state index contributed by atoms with van der Waals surface area (Å²) in [5.74, 6) is 0.0268. The number of aryl methyl sites for hydroxylation is 1. The second-order valence-electron chi connectivity index (χ2n) is 9.11. The topological polar surface area (TPSA) is 100 Å². The van der Waals surface area contributed by atoms with Crippen molar-refractivity contribution in [2.75, 3.05) is 17.3 Å². The summed E-state index contributed by atoms with van der Waals surface area (Å²) in [6.45, 7) is 5.45. The van der Waals surface area contributed by atoms with Crippen LogP contribution >= 0.6 is 0 Å². The van der Waals surface area contributed by atoms with Gasteiger partial charge in [0.05, 0.1) is 5.69 Å². The van der Waals surface area contributed by atoms with E-state index in [0.717, 1.165) is 38.5 Å². The van der Waals surface area contributed by atoms with Gasteiger partial charge < -0.3 is 20.1 Å². The van der Waals surface area contributed by atoms with Crippen LogP contribution in [0, 0.1) is 5.82 Å². The molecular weight excluding hydrogens is 425 g/mol. The highest BCUT2D eigenvalue weighted by atomic mass is 19.1. The highest BCUT2D eigenvalue weighted by molar-refractivity contribution is 5.91. The molecule has 9 heteroatoms. The van der Waals surface area contributed by atoms with Crippen LogP contribution in [0.5, 0.6) is 0 Å². The van der Waals surface area contributed by atoms with Gasteiger partial charge in [-0.1, -0.05) is 30.8 Å². The zero-order chi connectivity index (χ0) is 24.0. The molecule has 1 aliphatic carbocycles. The minimum absolute atomic E-state index is 0.115. The summed E-state index contributed by atoms with van der Waals surface area (Å²) >= 11 is 0. The van der Waals surface area contributed by atoms with E-state index in [-0.39, 0.29) is 30.7 Å². The number of aromatic nitrogens is 2. The Kier molecular flexibility index (Phi) is 8.05. The number of benzene rings is 1. The van der Waals surface area contributed by atoms with E-state index in [0.29, 0.717) is 23.1 Å². The summed E-state index contributed by atoms with van der Waals surface area (Å²) < 4.78 is 19.8. The van der Waals surface area contributed by atoms with Crippen molar-refractivity contribution in [3.8, 4) is 0 Å². The molecule has 2 aromatic rings. The Labute approximate surface area is 194 Å². The first kappa shape index (κ1) is 24.7. The molecular formula is C24H34FN5O3. The molecule has 1 aromatic carbocycles. The first-order valence-corrected chi connectivity index (χ1v) is 11.6. The molecule has 2 amide bonds. The van der Waals surface area contributed by atoms with Gasteiger partial charge >= 0.3 is 0 Å². The monoisotopic (exact) mass is 459 g/mol. The van der Waals surface area contributed by atoms with E-state index < -0.39 is 11.4 Å². The average Bonchev–Trinajstić information content (AvgIpc) is 3.12. The smallest absolute Gasteiger partial charge is 0.227 e. The molecule has 2 N–H and O–H groups in total. The van der Waals surface area contributed by atoms with Gasteiger partial charge in [0, 0.05) is 38.5 Å². The number of amides is 2. The van der Waals surface area contributed by atoms with E-state index in [4.69, 9.17) is 4.52 Å². The van der Waals surface area contributed by atoms with Crippen LogP contribution in [0.2, 0.25) is 0 Å². The van der Waals surface area contributed by atoms with Gasteiger partial charge in [-0.3, -0.25) is 9.59 Å². The molecule has 0 radical (unpaired) electrons. The van der Waals surface area contributed by atoms with Crippen LogP contribution in [0.1, 0.15) is 77.4 Å².